The maximum Gasteiger partial charge on any atom is 0.472 e. The molecule has 2 atom stereocenters. The quantitative estimate of drug-likeness (QED) is 0.0265. The number of unbranched alkanes of at least 4 members (excludes halogenated alkanes) is 34. The molecule has 63 heavy (non-hydrogen) atoms. The first-order valence-electron chi connectivity index (χ1n) is 26.8. The molecule has 0 rings (SSSR count). The molecule has 0 aliphatic rings. The minimum Gasteiger partial charge on any atom is -0.462 e. The van der Waals surface area contributed by atoms with Gasteiger partial charge in [-0.25, -0.2) is 4.57 Å². The van der Waals surface area contributed by atoms with Crippen molar-refractivity contribution >= 4 is 19.8 Å². The molecule has 0 radical (unpaired) electrons. The molecular formula is C53H102NO8P. The van der Waals surface area contributed by atoms with Crippen molar-refractivity contribution in [3.63, 3.8) is 0 Å². The second-order valence-electron chi connectivity index (χ2n) is 18.1. The molecule has 0 aliphatic carbocycles. The summed E-state index contributed by atoms with van der Waals surface area (Å²) >= 11 is 0. The van der Waals surface area contributed by atoms with E-state index in [1.165, 1.54) is 199 Å². The number of carbonyl (C=O) groups excluding carboxylic acids is 2. The largest absolute Gasteiger partial charge is 0.472 e. The molecule has 0 fully saturated rings. The lowest BCUT2D eigenvalue weighted by atomic mass is 10.0. The van der Waals surface area contributed by atoms with Crippen molar-refractivity contribution < 1.29 is 37.6 Å². The molecule has 0 heterocycles. The van der Waals surface area contributed by atoms with Crippen molar-refractivity contribution in [2.24, 2.45) is 5.73 Å². The molecule has 9 nitrogen and oxygen atoms in total. The highest BCUT2D eigenvalue weighted by Gasteiger charge is 2.26. The lowest BCUT2D eigenvalue weighted by molar-refractivity contribution is -0.161. The number of rotatable bonds is 51. The SMILES string of the molecule is CCCCCCC/C=C\C/C=C\CCCCCCCCCCCCCCCCCCCCCCCC(=O)OC(COC(=O)CCCCCCCCCCC)COP(=O)(O)OCCN. The van der Waals surface area contributed by atoms with Crippen molar-refractivity contribution in [2.75, 3.05) is 26.4 Å². The van der Waals surface area contributed by atoms with Gasteiger partial charge in [0.25, 0.3) is 0 Å². The zero-order valence-electron chi connectivity index (χ0n) is 41.3. The fraction of sp³-hybridized carbons (Fsp3) is 0.887. The van der Waals surface area contributed by atoms with Gasteiger partial charge in [-0.05, 0) is 44.9 Å². The first-order valence-corrected chi connectivity index (χ1v) is 28.3. The van der Waals surface area contributed by atoms with Crippen LogP contribution in [0.4, 0.5) is 0 Å². The van der Waals surface area contributed by atoms with Crippen molar-refractivity contribution in [1.29, 1.82) is 0 Å². The standard InChI is InChI=1S/C53H102NO8P/c1-3-5-7-9-11-13-14-15-16-17-18-19-20-21-22-23-24-25-26-27-28-29-30-31-32-33-34-35-36-38-40-42-44-46-53(56)62-51(50-61-63(57,58)60-48-47-54)49-59-52(55)45-43-41-39-37-12-10-8-6-4-2/h14-15,17-18,51H,3-13,16,19-50,54H2,1-2H3,(H,57,58)/b15-14-,18-17-. The summed E-state index contributed by atoms with van der Waals surface area (Å²) in [5.74, 6) is -0.818. The Kier molecular flexibility index (Phi) is 48.7. The summed E-state index contributed by atoms with van der Waals surface area (Å²) in [4.78, 5) is 34.9. The van der Waals surface area contributed by atoms with Gasteiger partial charge in [0.05, 0.1) is 13.2 Å². The highest BCUT2D eigenvalue weighted by Crippen LogP contribution is 2.43. The molecule has 0 aromatic rings. The van der Waals surface area contributed by atoms with Gasteiger partial charge in [-0.2, -0.15) is 0 Å². The molecule has 0 saturated heterocycles. The smallest absolute Gasteiger partial charge is 0.462 e. The van der Waals surface area contributed by atoms with Gasteiger partial charge in [0.15, 0.2) is 6.10 Å². The monoisotopic (exact) mass is 912 g/mol. The Balaban J connectivity index is 3.77. The molecule has 0 bridgehead atoms. The van der Waals surface area contributed by atoms with Gasteiger partial charge in [0.1, 0.15) is 6.61 Å². The van der Waals surface area contributed by atoms with Crippen LogP contribution in [0.15, 0.2) is 24.3 Å². The molecule has 0 aliphatic heterocycles. The van der Waals surface area contributed by atoms with Crippen LogP contribution in [0.3, 0.4) is 0 Å². The van der Waals surface area contributed by atoms with E-state index in [2.05, 4.69) is 38.2 Å². The number of allylic oxidation sites excluding steroid dienone is 4. The number of hydrogen-bond donors (Lipinski definition) is 2. The minimum atomic E-state index is -4.37. The summed E-state index contributed by atoms with van der Waals surface area (Å²) in [6, 6.07) is 0. The van der Waals surface area contributed by atoms with Crippen LogP contribution < -0.4 is 5.73 Å². The second-order valence-corrected chi connectivity index (χ2v) is 19.6. The molecule has 10 heteroatoms. The number of esters is 2. The van der Waals surface area contributed by atoms with Crippen molar-refractivity contribution in [3.05, 3.63) is 24.3 Å². The highest BCUT2D eigenvalue weighted by molar-refractivity contribution is 7.47. The maximum absolute atomic E-state index is 12.6. The molecule has 0 aromatic heterocycles. The lowest BCUT2D eigenvalue weighted by Gasteiger charge is -2.19. The molecular weight excluding hydrogens is 810 g/mol. The first kappa shape index (κ1) is 61.5. The number of hydrogen-bond acceptors (Lipinski definition) is 8. The topological polar surface area (TPSA) is 134 Å². The van der Waals surface area contributed by atoms with Crippen molar-refractivity contribution in [3.8, 4) is 0 Å². The van der Waals surface area contributed by atoms with Crippen LogP contribution in [0.25, 0.3) is 0 Å². The predicted octanol–water partition coefficient (Wildman–Crippen LogP) is 16.3. The van der Waals surface area contributed by atoms with Gasteiger partial charge >= 0.3 is 19.8 Å². The van der Waals surface area contributed by atoms with E-state index >= 15 is 0 Å². The van der Waals surface area contributed by atoms with Crippen LogP contribution in [-0.2, 0) is 32.7 Å². The third-order valence-corrected chi connectivity index (χ3v) is 12.8. The normalized spacial score (nSPS) is 13.3. The minimum absolute atomic E-state index is 0.0564. The number of phosphoric acid groups is 1. The first-order chi connectivity index (χ1) is 30.8. The van der Waals surface area contributed by atoms with Crippen molar-refractivity contribution in [2.45, 2.75) is 277 Å². The van der Waals surface area contributed by atoms with E-state index in [-0.39, 0.29) is 38.6 Å². The van der Waals surface area contributed by atoms with Crippen LogP contribution in [0, 0.1) is 0 Å². The maximum atomic E-state index is 12.6. The Morgan fingerprint density at radius 1 is 0.476 bits per heavy atom. The van der Waals surface area contributed by atoms with Crippen molar-refractivity contribution in [1.82, 2.24) is 0 Å². The summed E-state index contributed by atoms with van der Waals surface area (Å²) in [5, 5.41) is 0. The third kappa shape index (κ3) is 49.8. The third-order valence-electron chi connectivity index (χ3n) is 11.8. The van der Waals surface area contributed by atoms with Gasteiger partial charge in [-0.15, -0.1) is 0 Å². The number of carbonyl (C=O) groups is 2. The van der Waals surface area contributed by atoms with E-state index in [1.807, 2.05) is 0 Å². The van der Waals surface area contributed by atoms with E-state index in [0.29, 0.717) is 6.42 Å². The van der Waals surface area contributed by atoms with Gasteiger partial charge in [-0.1, -0.05) is 237 Å². The molecule has 0 spiro atoms. The van der Waals surface area contributed by atoms with Crippen LogP contribution in [0.2, 0.25) is 0 Å². The molecule has 2 unspecified atom stereocenters. The summed E-state index contributed by atoms with van der Waals surface area (Å²) in [6.07, 6.45) is 56.9. The Morgan fingerprint density at radius 3 is 1.21 bits per heavy atom. The summed E-state index contributed by atoms with van der Waals surface area (Å²) in [6.45, 7) is 3.74. The summed E-state index contributed by atoms with van der Waals surface area (Å²) in [5.41, 5.74) is 5.35. The Labute approximate surface area is 389 Å². The number of ether oxygens (including phenoxy) is 2. The molecule has 0 amide bonds. The fourth-order valence-electron chi connectivity index (χ4n) is 7.84. The van der Waals surface area contributed by atoms with Crippen LogP contribution in [-0.4, -0.2) is 49.3 Å². The average molecular weight is 912 g/mol. The Bertz CT molecular complexity index is 1090. The Morgan fingerprint density at radius 2 is 0.825 bits per heavy atom. The second kappa shape index (κ2) is 49.9. The van der Waals surface area contributed by atoms with Crippen LogP contribution >= 0.6 is 7.82 Å². The lowest BCUT2D eigenvalue weighted by Crippen LogP contribution is -2.29. The van der Waals surface area contributed by atoms with E-state index in [4.69, 9.17) is 24.3 Å². The number of nitrogens with two attached hydrogens (primary N) is 1. The van der Waals surface area contributed by atoms with E-state index < -0.39 is 26.5 Å². The van der Waals surface area contributed by atoms with E-state index in [0.717, 1.165) is 38.5 Å². The molecule has 0 saturated carbocycles. The Hall–Kier alpha value is -1.51. The van der Waals surface area contributed by atoms with Gasteiger partial charge in [-0.3, -0.25) is 18.6 Å². The molecule has 372 valence electrons. The van der Waals surface area contributed by atoms with E-state index in [1.54, 1.807) is 0 Å². The zero-order chi connectivity index (χ0) is 46.0. The van der Waals surface area contributed by atoms with Gasteiger partial charge in [0, 0.05) is 19.4 Å². The molecule has 3 N–H and O–H groups in total. The van der Waals surface area contributed by atoms with E-state index in [9.17, 15) is 19.0 Å². The fourth-order valence-corrected chi connectivity index (χ4v) is 8.61. The highest BCUT2D eigenvalue weighted by atomic mass is 31.2. The van der Waals surface area contributed by atoms with Gasteiger partial charge < -0.3 is 20.1 Å². The zero-order valence-corrected chi connectivity index (χ0v) is 42.2. The van der Waals surface area contributed by atoms with Crippen LogP contribution in [0.1, 0.15) is 271 Å². The molecule has 0 aromatic carbocycles. The predicted molar refractivity (Wildman–Crippen MR) is 266 cm³/mol. The van der Waals surface area contributed by atoms with Crippen LogP contribution in [0.5, 0.6) is 0 Å². The summed E-state index contributed by atoms with van der Waals surface area (Å²) < 4.78 is 32.8. The summed E-state index contributed by atoms with van der Waals surface area (Å²) in [7, 11) is -4.37. The number of phosphoric ester groups is 1. The van der Waals surface area contributed by atoms with Gasteiger partial charge in [0.2, 0.25) is 0 Å². The average Bonchev–Trinajstić information content (AvgIpc) is 3.27.